The molecule has 0 radical (unpaired) electrons. The maximum absolute atomic E-state index is 11.2. The van der Waals surface area contributed by atoms with Crippen molar-refractivity contribution in [2.45, 2.75) is 32.6 Å². The molecule has 0 aromatic heterocycles. The van der Waals surface area contributed by atoms with Crippen molar-refractivity contribution in [3.63, 3.8) is 0 Å². The van der Waals surface area contributed by atoms with E-state index in [2.05, 4.69) is 0 Å². The van der Waals surface area contributed by atoms with Crippen LogP contribution in [0.2, 0.25) is 5.02 Å². The number of carbonyl (C=O) groups is 1. The number of benzene rings is 1. The quantitative estimate of drug-likeness (QED) is 0.611. The lowest BCUT2D eigenvalue weighted by Crippen LogP contribution is -2.20. The molecule has 0 heterocycles. The summed E-state index contributed by atoms with van der Waals surface area (Å²) in [7, 11) is 0. The second-order valence-electron chi connectivity index (χ2n) is 4.69. The summed E-state index contributed by atoms with van der Waals surface area (Å²) in [6.07, 6.45) is 0.339. The lowest BCUT2D eigenvalue weighted by atomic mass is 9.80. The highest BCUT2D eigenvalue weighted by molar-refractivity contribution is 6.32. The molecule has 0 amide bonds. The van der Waals surface area contributed by atoms with E-state index in [0.29, 0.717) is 6.42 Å². The molecule has 17 heavy (non-hydrogen) atoms. The molecule has 0 fully saturated rings. The minimum Gasteiger partial charge on any atom is -0.300 e. The van der Waals surface area contributed by atoms with Crippen LogP contribution in [0.1, 0.15) is 32.8 Å². The molecule has 92 valence electrons. The van der Waals surface area contributed by atoms with Crippen molar-refractivity contribution < 1.29 is 9.72 Å². The van der Waals surface area contributed by atoms with Gasteiger partial charge < -0.3 is 0 Å². The molecular formula is C12H14ClNO3. The fourth-order valence-corrected chi connectivity index (χ4v) is 1.98. The maximum Gasteiger partial charge on any atom is 0.288 e. The molecule has 0 spiro atoms. The third-order valence-electron chi connectivity index (χ3n) is 2.62. The Morgan fingerprint density at radius 1 is 1.47 bits per heavy atom. The van der Waals surface area contributed by atoms with Crippen molar-refractivity contribution in [1.82, 2.24) is 0 Å². The van der Waals surface area contributed by atoms with Crippen LogP contribution in [0.25, 0.3) is 0 Å². The molecule has 1 aromatic carbocycles. The van der Waals surface area contributed by atoms with Crippen LogP contribution in [-0.4, -0.2) is 10.7 Å². The number of rotatable bonds is 4. The Balaban J connectivity index is 3.19. The molecule has 1 rings (SSSR count). The normalized spacial score (nSPS) is 11.3. The minimum atomic E-state index is -0.518. The van der Waals surface area contributed by atoms with Gasteiger partial charge in [0.2, 0.25) is 0 Å². The number of Topliss-reactive ketones (excluding diaryl/α,β-unsaturated/α-hetero) is 1. The van der Waals surface area contributed by atoms with E-state index in [1.807, 2.05) is 13.8 Å². The first kappa shape index (κ1) is 13.6. The van der Waals surface area contributed by atoms with E-state index in [1.165, 1.54) is 19.1 Å². The summed E-state index contributed by atoms with van der Waals surface area (Å²) in [5.74, 6) is 0.0487. The minimum absolute atomic E-state index is 0.0487. The number of nitro groups is 1. The van der Waals surface area contributed by atoms with Crippen molar-refractivity contribution in [2.24, 2.45) is 0 Å². The van der Waals surface area contributed by atoms with Gasteiger partial charge in [-0.2, -0.15) is 0 Å². The van der Waals surface area contributed by atoms with Crippen molar-refractivity contribution >= 4 is 23.1 Å². The van der Waals surface area contributed by atoms with Crippen molar-refractivity contribution in [1.29, 1.82) is 0 Å². The zero-order valence-electron chi connectivity index (χ0n) is 9.99. The molecule has 0 aliphatic rings. The first-order valence-corrected chi connectivity index (χ1v) is 5.55. The monoisotopic (exact) mass is 255 g/mol. The molecule has 0 N–H and O–H groups in total. The molecule has 0 saturated heterocycles. The highest BCUT2D eigenvalue weighted by Crippen LogP contribution is 2.33. The largest absolute Gasteiger partial charge is 0.300 e. The van der Waals surface area contributed by atoms with Gasteiger partial charge in [-0.05, 0) is 24.0 Å². The van der Waals surface area contributed by atoms with Gasteiger partial charge in [0.05, 0.1) is 4.92 Å². The topological polar surface area (TPSA) is 60.2 Å². The standard InChI is InChI=1S/C12H14ClNO3/c1-8(15)7-12(2,3)9-4-5-10(13)11(6-9)14(16)17/h4-6H,7H2,1-3H3. The summed E-state index contributed by atoms with van der Waals surface area (Å²) in [6, 6.07) is 4.65. The molecule has 0 saturated carbocycles. The second kappa shape index (κ2) is 4.84. The van der Waals surface area contributed by atoms with E-state index < -0.39 is 10.3 Å². The number of nitro benzene ring substituents is 1. The third-order valence-corrected chi connectivity index (χ3v) is 2.93. The van der Waals surface area contributed by atoms with Crippen molar-refractivity contribution in [3.05, 3.63) is 38.9 Å². The summed E-state index contributed by atoms with van der Waals surface area (Å²) >= 11 is 5.74. The van der Waals surface area contributed by atoms with Gasteiger partial charge in [0.15, 0.2) is 0 Å². The third kappa shape index (κ3) is 3.27. The van der Waals surface area contributed by atoms with Gasteiger partial charge in [0, 0.05) is 12.5 Å². The SMILES string of the molecule is CC(=O)CC(C)(C)c1ccc(Cl)c([N+](=O)[O-])c1. The summed E-state index contributed by atoms with van der Waals surface area (Å²) in [5.41, 5.74) is 0.186. The fourth-order valence-electron chi connectivity index (χ4n) is 1.80. The van der Waals surface area contributed by atoms with Crippen molar-refractivity contribution in [3.8, 4) is 0 Å². The van der Waals surface area contributed by atoms with E-state index in [9.17, 15) is 14.9 Å². The maximum atomic E-state index is 11.2. The number of ketones is 1. The second-order valence-corrected chi connectivity index (χ2v) is 5.09. The van der Waals surface area contributed by atoms with Crippen LogP contribution in [-0.2, 0) is 10.2 Å². The van der Waals surface area contributed by atoms with E-state index in [0.717, 1.165) is 5.56 Å². The van der Waals surface area contributed by atoms with Gasteiger partial charge in [-0.25, -0.2) is 0 Å². The zero-order valence-corrected chi connectivity index (χ0v) is 10.7. The molecule has 4 nitrogen and oxygen atoms in total. The molecule has 0 aliphatic carbocycles. The Labute approximate surface area is 105 Å². The van der Waals surface area contributed by atoms with Crippen LogP contribution >= 0.6 is 11.6 Å². The lowest BCUT2D eigenvalue weighted by molar-refractivity contribution is -0.384. The predicted molar refractivity (Wildman–Crippen MR) is 66.4 cm³/mol. The Kier molecular flexibility index (Phi) is 3.88. The Morgan fingerprint density at radius 2 is 2.06 bits per heavy atom. The molecule has 5 heteroatoms. The number of nitrogens with zero attached hydrogens (tertiary/aromatic N) is 1. The number of carbonyl (C=O) groups excluding carboxylic acids is 1. The molecule has 1 aromatic rings. The van der Waals surface area contributed by atoms with Crippen LogP contribution in [0.15, 0.2) is 18.2 Å². The number of hydrogen-bond acceptors (Lipinski definition) is 3. The van der Waals surface area contributed by atoms with E-state index in [4.69, 9.17) is 11.6 Å². The summed E-state index contributed by atoms with van der Waals surface area (Å²) in [4.78, 5) is 21.4. The van der Waals surface area contributed by atoms with E-state index >= 15 is 0 Å². The average molecular weight is 256 g/mol. The predicted octanol–water partition coefficient (Wildman–Crippen LogP) is 3.50. The van der Waals surface area contributed by atoms with Gasteiger partial charge in [-0.1, -0.05) is 31.5 Å². The van der Waals surface area contributed by atoms with Gasteiger partial charge >= 0.3 is 0 Å². The Morgan fingerprint density at radius 3 is 2.53 bits per heavy atom. The highest BCUT2D eigenvalue weighted by atomic mass is 35.5. The molecule has 0 atom stereocenters. The van der Waals surface area contributed by atoms with Gasteiger partial charge in [-0.3, -0.25) is 14.9 Å². The number of halogens is 1. The smallest absolute Gasteiger partial charge is 0.288 e. The summed E-state index contributed by atoms with van der Waals surface area (Å²) < 4.78 is 0. The number of hydrogen-bond donors (Lipinski definition) is 0. The average Bonchev–Trinajstić information content (AvgIpc) is 2.15. The fraction of sp³-hybridized carbons (Fsp3) is 0.417. The van der Waals surface area contributed by atoms with Gasteiger partial charge in [0.1, 0.15) is 10.8 Å². The Hall–Kier alpha value is -1.42. The van der Waals surface area contributed by atoms with Crippen LogP contribution in [0.4, 0.5) is 5.69 Å². The van der Waals surface area contributed by atoms with E-state index in [-0.39, 0.29) is 16.5 Å². The zero-order chi connectivity index (χ0) is 13.2. The van der Waals surface area contributed by atoms with Crippen LogP contribution in [0.5, 0.6) is 0 Å². The molecular weight excluding hydrogens is 242 g/mol. The molecule has 0 aliphatic heterocycles. The van der Waals surface area contributed by atoms with Crippen LogP contribution in [0, 0.1) is 10.1 Å². The lowest BCUT2D eigenvalue weighted by Gasteiger charge is -2.23. The first-order chi connectivity index (χ1) is 7.74. The highest BCUT2D eigenvalue weighted by Gasteiger charge is 2.25. The Bertz CT molecular complexity index is 469. The van der Waals surface area contributed by atoms with E-state index in [1.54, 1.807) is 6.07 Å². The first-order valence-electron chi connectivity index (χ1n) is 5.18. The van der Waals surface area contributed by atoms with Crippen LogP contribution in [0.3, 0.4) is 0 Å². The molecule has 0 bridgehead atoms. The molecule has 0 unspecified atom stereocenters. The van der Waals surface area contributed by atoms with Gasteiger partial charge in [0.25, 0.3) is 5.69 Å². The summed E-state index contributed by atoms with van der Waals surface area (Å²) in [5, 5.41) is 10.9. The van der Waals surface area contributed by atoms with Crippen LogP contribution < -0.4 is 0 Å². The van der Waals surface area contributed by atoms with Crippen molar-refractivity contribution in [2.75, 3.05) is 0 Å². The summed E-state index contributed by atoms with van der Waals surface area (Å²) in [6.45, 7) is 5.26. The van der Waals surface area contributed by atoms with Gasteiger partial charge in [-0.15, -0.1) is 0 Å².